The van der Waals surface area contributed by atoms with Gasteiger partial charge in [0, 0.05) is 6.92 Å². The van der Waals surface area contributed by atoms with Crippen LogP contribution in [0.4, 0.5) is 0 Å². The van der Waals surface area contributed by atoms with Crippen LogP contribution in [0.25, 0.3) is 0 Å². The molecule has 0 amide bonds. The van der Waals surface area contributed by atoms with E-state index in [2.05, 4.69) is 37.0 Å². The molecule has 0 saturated heterocycles. The minimum atomic E-state index is -0.767. The molecule has 0 unspecified atom stereocenters. The largest absolute Gasteiger partial charge is 0.279 e. The molecule has 60 valence electrons. The van der Waals surface area contributed by atoms with E-state index in [1.54, 1.807) is 0 Å². The highest BCUT2D eigenvalue weighted by atomic mass is 127. The lowest BCUT2D eigenvalue weighted by atomic mass is 10.7. The third-order valence-corrected chi connectivity index (χ3v) is 3.66. The zero-order chi connectivity index (χ0) is 7.07. The summed E-state index contributed by atoms with van der Waals surface area (Å²) in [7, 11) is 1.37. The average Bonchev–Trinajstić information content (AvgIpc) is 1.79. The van der Waals surface area contributed by atoms with Crippen molar-refractivity contribution in [3.8, 4) is 0 Å². The lowest BCUT2D eigenvalue weighted by molar-refractivity contribution is -0.474. The van der Waals surface area contributed by atoms with Crippen molar-refractivity contribution in [2.45, 2.75) is 6.92 Å². The zero-order valence-corrected chi connectivity index (χ0v) is 10.2. The van der Waals surface area contributed by atoms with E-state index in [0.29, 0.717) is 0 Å². The Morgan fingerprint density at radius 3 is 2.10 bits per heavy atom. The van der Waals surface area contributed by atoms with Crippen molar-refractivity contribution in [3.05, 3.63) is 0 Å². The Morgan fingerprint density at radius 1 is 1.50 bits per heavy atom. The van der Waals surface area contributed by atoms with Crippen LogP contribution in [0.3, 0.4) is 0 Å². The Balaban J connectivity index is 0.000000810. The number of nitrogens with zero attached hydrogens (tertiary/aromatic N) is 1. The molecule has 10 heavy (non-hydrogen) atoms. The number of halogens is 1. The molecule has 1 aliphatic heterocycles. The van der Waals surface area contributed by atoms with Crippen molar-refractivity contribution in [2.75, 3.05) is 26.7 Å². The van der Waals surface area contributed by atoms with Crippen molar-refractivity contribution < 1.29 is 4.58 Å². The first-order valence-corrected chi connectivity index (χ1v) is 6.04. The van der Waals surface area contributed by atoms with Gasteiger partial charge < -0.3 is 0 Å². The summed E-state index contributed by atoms with van der Waals surface area (Å²) in [4.78, 5) is 0. The maximum atomic E-state index is 3.50. The Bertz CT molecular complexity index is 149. The van der Waals surface area contributed by atoms with E-state index >= 15 is 0 Å². The van der Waals surface area contributed by atoms with Crippen molar-refractivity contribution in [1.29, 1.82) is 0 Å². The fourth-order valence-electron chi connectivity index (χ4n) is 1.20. The van der Waals surface area contributed by atoms with Gasteiger partial charge >= 0.3 is 0 Å². The first kappa shape index (κ1) is 10.6. The second-order valence-electron chi connectivity index (χ2n) is 3.22. The van der Waals surface area contributed by atoms with Gasteiger partial charge in [-0.2, -0.15) is 0 Å². The normalized spacial score (nSPS) is 22.0. The molecule has 0 spiro atoms. The number of hydrogen-bond donors (Lipinski definition) is 1. The minimum Gasteiger partial charge on any atom is -0.230 e. The van der Waals surface area contributed by atoms with Crippen LogP contribution in [0.15, 0.2) is 0 Å². The molecule has 4 heteroatoms. The Morgan fingerprint density at radius 2 is 2.00 bits per heavy atom. The van der Waals surface area contributed by atoms with Crippen molar-refractivity contribution in [3.63, 3.8) is 0 Å². The van der Waals surface area contributed by atoms with Crippen LogP contribution in [0.1, 0.15) is 6.92 Å². The van der Waals surface area contributed by atoms with Crippen molar-refractivity contribution in [1.82, 2.24) is 5.09 Å². The van der Waals surface area contributed by atoms with E-state index in [4.69, 9.17) is 0 Å². The third kappa shape index (κ3) is 2.35. The second kappa shape index (κ2) is 3.35. The Kier molecular flexibility index (Phi) is 3.56. The van der Waals surface area contributed by atoms with Gasteiger partial charge in [0.15, 0.2) is 0 Å². The molecule has 0 aliphatic carbocycles. The monoisotopic (exact) mass is 274 g/mol. The smallest absolute Gasteiger partial charge is 0.230 e. The zero-order valence-electron chi connectivity index (χ0n) is 7.01. The predicted octanol–water partition coefficient (Wildman–Crippen LogP) is 1.42. The molecule has 0 fully saturated rings. The van der Waals surface area contributed by atoms with Gasteiger partial charge in [-0.3, -0.25) is 0 Å². The molecule has 1 heterocycles. The van der Waals surface area contributed by atoms with Crippen molar-refractivity contribution in [2.24, 2.45) is 0 Å². The Labute approximate surface area is 80.5 Å². The summed E-state index contributed by atoms with van der Waals surface area (Å²) in [5.41, 5.74) is 0. The molecular formula is C6H16IN2P+2. The third-order valence-electron chi connectivity index (χ3n) is 1.60. The molecule has 0 aromatic carbocycles. The number of nitrogens with one attached hydrogen (secondary N) is 1. The molecule has 1 aliphatic rings. The highest BCUT2D eigenvalue weighted by Crippen LogP contribution is 2.48. The SMILES string of the molecule is CC1=[N+](C)C[P+](C)(C)N1.I. The molecule has 0 atom stereocenters. The van der Waals surface area contributed by atoms with E-state index in [0.717, 1.165) is 0 Å². The topological polar surface area (TPSA) is 15.0 Å². The van der Waals surface area contributed by atoms with Gasteiger partial charge in [-0.15, -0.1) is 29.1 Å². The molecule has 1 N–H and O–H groups in total. The summed E-state index contributed by atoms with van der Waals surface area (Å²) in [6.45, 7) is 6.77. The summed E-state index contributed by atoms with van der Waals surface area (Å²) in [6.07, 6.45) is 1.22. The predicted molar refractivity (Wildman–Crippen MR) is 59.1 cm³/mol. The lowest BCUT2D eigenvalue weighted by Crippen LogP contribution is -2.15. The van der Waals surface area contributed by atoms with Crippen LogP contribution in [0, 0.1) is 0 Å². The van der Waals surface area contributed by atoms with Gasteiger partial charge in [0.2, 0.25) is 13.7 Å². The van der Waals surface area contributed by atoms with E-state index in [-0.39, 0.29) is 24.0 Å². The molecule has 0 radical (unpaired) electrons. The van der Waals surface area contributed by atoms with Gasteiger partial charge in [0.25, 0.3) is 5.84 Å². The first-order chi connectivity index (χ1) is 4.01. The van der Waals surface area contributed by atoms with E-state index < -0.39 is 7.41 Å². The molecule has 0 aromatic heterocycles. The molecule has 0 aromatic rings. The molecular weight excluding hydrogens is 258 g/mol. The minimum absolute atomic E-state index is 0. The molecule has 0 bridgehead atoms. The summed E-state index contributed by atoms with van der Waals surface area (Å²) >= 11 is 0. The van der Waals surface area contributed by atoms with Crippen LogP contribution >= 0.6 is 31.4 Å². The first-order valence-electron chi connectivity index (χ1n) is 3.17. The standard InChI is InChI=1S/C6H14N2P.HI/c1-6-7-9(3,4)5-8(6)2;/h5H2,1-4H3;1H/q+1;/p+1. The van der Waals surface area contributed by atoms with Gasteiger partial charge in [-0.1, -0.05) is 0 Å². The molecule has 2 nitrogen and oxygen atoms in total. The van der Waals surface area contributed by atoms with Crippen molar-refractivity contribution >= 4 is 37.2 Å². The van der Waals surface area contributed by atoms with Gasteiger partial charge in [0.1, 0.15) is 0 Å². The Hall–Kier alpha value is 0.630. The second-order valence-corrected chi connectivity index (χ2v) is 7.10. The fourth-order valence-corrected chi connectivity index (χ4v) is 3.59. The summed E-state index contributed by atoms with van der Waals surface area (Å²) in [5.74, 6) is 1.33. The van der Waals surface area contributed by atoms with E-state index in [1.807, 2.05) is 0 Å². The van der Waals surface area contributed by atoms with Gasteiger partial charge in [-0.05, 0) is 0 Å². The summed E-state index contributed by atoms with van der Waals surface area (Å²) in [5, 5.41) is 3.50. The number of amidine groups is 1. The highest BCUT2D eigenvalue weighted by molar-refractivity contribution is 14.0. The number of hydrogen-bond acceptors (Lipinski definition) is 1. The molecule has 0 saturated carbocycles. The van der Waals surface area contributed by atoms with Crippen LogP contribution in [0.5, 0.6) is 0 Å². The van der Waals surface area contributed by atoms with Gasteiger partial charge in [-0.25, -0.2) is 4.58 Å². The van der Waals surface area contributed by atoms with E-state index in [9.17, 15) is 0 Å². The number of rotatable bonds is 0. The van der Waals surface area contributed by atoms with Crippen LogP contribution < -0.4 is 5.09 Å². The van der Waals surface area contributed by atoms with E-state index in [1.165, 1.54) is 12.1 Å². The van der Waals surface area contributed by atoms with Crippen LogP contribution in [0.2, 0.25) is 0 Å². The maximum Gasteiger partial charge on any atom is 0.279 e. The maximum absolute atomic E-state index is 3.50. The highest BCUT2D eigenvalue weighted by Gasteiger charge is 2.40. The average molecular weight is 274 g/mol. The van der Waals surface area contributed by atoms with Crippen LogP contribution in [-0.2, 0) is 0 Å². The molecule has 1 rings (SSSR count). The summed E-state index contributed by atoms with van der Waals surface area (Å²) < 4.78 is 2.29. The van der Waals surface area contributed by atoms with Crippen LogP contribution in [-0.4, -0.2) is 37.1 Å². The fraction of sp³-hybridized carbons (Fsp3) is 0.833. The quantitative estimate of drug-likeness (QED) is 0.401. The summed E-state index contributed by atoms with van der Waals surface area (Å²) in [6, 6.07) is 0. The lowest BCUT2D eigenvalue weighted by Gasteiger charge is -2.01. The van der Waals surface area contributed by atoms with Gasteiger partial charge in [0.05, 0.1) is 20.4 Å².